The molecule has 4 N–H and O–H groups in total. The Hall–Kier alpha value is -1.56. The van der Waals surface area contributed by atoms with Crippen molar-refractivity contribution in [3.63, 3.8) is 0 Å². The van der Waals surface area contributed by atoms with Crippen molar-refractivity contribution in [3.05, 3.63) is 27.7 Å². The van der Waals surface area contributed by atoms with Gasteiger partial charge < -0.3 is 11.5 Å². The Bertz CT molecular complexity index is 659. The summed E-state index contributed by atoms with van der Waals surface area (Å²) in [5, 5.41) is 0. The zero-order valence-corrected chi connectivity index (χ0v) is 14.7. The summed E-state index contributed by atoms with van der Waals surface area (Å²) in [5.74, 6) is 0.732. The molecule has 0 aromatic heterocycles. The molecule has 0 radical (unpaired) electrons. The first kappa shape index (κ1) is 15.3. The zero-order valence-electron chi connectivity index (χ0n) is 13.1. The highest BCUT2D eigenvalue weighted by Gasteiger charge is 2.43. The van der Waals surface area contributed by atoms with Crippen molar-refractivity contribution < 1.29 is 0 Å². The molecule has 2 aliphatic rings. The van der Waals surface area contributed by atoms with Crippen LogP contribution in [0.2, 0.25) is 0 Å². The van der Waals surface area contributed by atoms with Crippen LogP contribution < -0.4 is 16.4 Å². The van der Waals surface area contributed by atoms with E-state index in [0.717, 1.165) is 35.8 Å². The molecule has 1 spiro atoms. The largest absolute Gasteiger partial charge is 0.369 e. The summed E-state index contributed by atoms with van der Waals surface area (Å²) in [6, 6.07) is 4.21. The maximum Gasteiger partial charge on any atom is 0.220 e. The summed E-state index contributed by atoms with van der Waals surface area (Å²) in [7, 11) is 0. The number of aliphatic imine (C=N–C) groups is 2. The smallest absolute Gasteiger partial charge is 0.220 e. The number of anilines is 1. The Morgan fingerprint density at radius 2 is 1.82 bits per heavy atom. The Balaban J connectivity index is 2.16. The van der Waals surface area contributed by atoms with Crippen LogP contribution in [-0.4, -0.2) is 17.6 Å². The van der Waals surface area contributed by atoms with Crippen LogP contribution in [0.5, 0.6) is 0 Å². The number of nitrogens with zero attached hydrogens (tertiary/aromatic N) is 3. The summed E-state index contributed by atoms with van der Waals surface area (Å²) in [5.41, 5.74) is 15.3. The molecule has 118 valence electrons. The van der Waals surface area contributed by atoms with E-state index in [0.29, 0.717) is 11.9 Å². The van der Waals surface area contributed by atoms with Gasteiger partial charge in [-0.05, 0) is 62.8 Å². The molecule has 1 heterocycles. The molecule has 1 aromatic carbocycles. The molecule has 0 unspecified atom stereocenters. The van der Waals surface area contributed by atoms with Gasteiger partial charge in [0.1, 0.15) is 5.66 Å². The van der Waals surface area contributed by atoms with Crippen LogP contribution in [0, 0.1) is 13.8 Å². The van der Waals surface area contributed by atoms with Crippen molar-refractivity contribution in [1.29, 1.82) is 0 Å². The van der Waals surface area contributed by atoms with E-state index in [1.165, 1.54) is 17.5 Å². The molecule has 1 fully saturated rings. The Kier molecular flexibility index (Phi) is 3.89. The predicted molar refractivity (Wildman–Crippen MR) is 95.2 cm³/mol. The summed E-state index contributed by atoms with van der Waals surface area (Å²) in [4.78, 5) is 11.0. The second kappa shape index (κ2) is 5.57. The second-order valence-corrected chi connectivity index (χ2v) is 7.10. The number of nitrogens with two attached hydrogens (primary N) is 2. The number of hydrogen-bond acceptors (Lipinski definition) is 5. The van der Waals surface area contributed by atoms with Crippen molar-refractivity contribution in [2.45, 2.75) is 51.6 Å². The normalized spacial score (nSPS) is 20.8. The molecular formula is C16H22BrN5. The van der Waals surface area contributed by atoms with E-state index >= 15 is 0 Å². The molecule has 1 aliphatic carbocycles. The summed E-state index contributed by atoms with van der Waals surface area (Å²) in [6.45, 7) is 4.22. The number of aryl methyl sites for hydroxylation is 1. The van der Waals surface area contributed by atoms with Gasteiger partial charge in [-0.15, -0.1) is 0 Å². The lowest BCUT2D eigenvalue weighted by Gasteiger charge is -2.46. The van der Waals surface area contributed by atoms with Gasteiger partial charge in [0.25, 0.3) is 0 Å². The van der Waals surface area contributed by atoms with Gasteiger partial charge in [-0.1, -0.05) is 22.4 Å². The van der Waals surface area contributed by atoms with Crippen molar-refractivity contribution >= 4 is 33.5 Å². The third kappa shape index (κ3) is 2.49. The summed E-state index contributed by atoms with van der Waals surface area (Å²) < 4.78 is 1.03. The molecule has 22 heavy (non-hydrogen) atoms. The summed E-state index contributed by atoms with van der Waals surface area (Å²) >= 11 is 3.59. The minimum Gasteiger partial charge on any atom is -0.369 e. The van der Waals surface area contributed by atoms with Gasteiger partial charge in [0, 0.05) is 4.47 Å². The number of rotatable bonds is 1. The highest BCUT2D eigenvalue weighted by Crippen LogP contribution is 2.41. The molecular weight excluding hydrogens is 342 g/mol. The van der Waals surface area contributed by atoms with Gasteiger partial charge in [0.05, 0.1) is 5.69 Å². The lowest BCUT2D eigenvalue weighted by molar-refractivity contribution is 0.305. The molecule has 1 aliphatic heterocycles. The third-order valence-corrected chi connectivity index (χ3v) is 5.15. The van der Waals surface area contributed by atoms with E-state index in [4.69, 9.17) is 16.5 Å². The van der Waals surface area contributed by atoms with Gasteiger partial charge in [-0.2, -0.15) is 4.99 Å². The molecule has 0 atom stereocenters. The number of hydrogen-bond donors (Lipinski definition) is 2. The highest BCUT2D eigenvalue weighted by molar-refractivity contribution is 9.10. The number of benzene rings is 1. The highest BCUT2D eigenvalue weighted by atomic mass is 79.9. The molecule has 0 saturated heterocycles. The predicted octanol–water partition coefficient (Wildman–Crippen LogP) is 3.18. The van der Waals surface area contributed by atoms with E-state index in [9.17, 15) is 0 Å². The Morgan fingerprint density at radius 1 is 1.14 bits per heavy atom. The van der Waals surface area contributed by atoms with E-state index < -0.39 is 0 Å². The van der Waals surface area contributed by atoms with Crippen LogP contribution >= 0.6 is 15.9 Å². The maximum absolute atomic E-state index is 6.28. The lowest BCUT2D eigenvalue weighted by atomic mass is 9.86. The molecule has 1 aromatic rings. The minimum absolute atomic E-state index is 0.292. The average Bonchev–Trinajstić information content (AvgIpc) is 2.44. The summed E-state index contributed by atoms with van der Waals surface area (Å²) in [6.07, 6.45) is 5.40. The fraction of sp³-hybridized carbons (Fsp3) is 0.500. The quantitative estimate of drug-likeness (QED) is 0.803. The SMILES string of the molecule is Cc1cc(Br)cc(N2C(N)=NC(N)=NC23CCCCC3)c1C. The van der Waals surface area contributed by atoms with Crippen LogP contribution in [0.25, 0.3) is 0 Å². The van der Waals surface area contributed by atoms with E-state index in [-0.39, 0.29) is 5.66 Å². The fourth-order valence-corrected chi connectivity index (χ4v) is 4.06. The van der Waals surface area contributed by atoms with Gasteiger partial charge in [0.2, 0.25) is 11.9 Å². The molecule has 1 saturated carbocycles. The molecule has 5 nitrogen and oxygen atoms in total. The molecule has 6 heteroatoms. The van der Waals surface area contributed by atoms with E-state index in [1.807, 2.05) is 0 Å². The van der Waals surface area contributed by atoms with Crippen LogP contribution in [0.15, 0.2) is 26.6 Å². The van der Waals surface area contributed by atoms with Crippen LogP contribution in [0.1, 0.15) is 43.2 Å². The first-order valence-corrected chi connectivity index (χ1v) is 8.49. The number of halogens is 1. The fourth-order valence-electron chi connectivity index (χ4n) is 3.50. The van der Waals surface area contributed by atoms with Gasteiger partial charge >= 0.3 is 0 Å². The monoisotopic (exact) mass is 363 g/mol. The minimum atomic E-state index is -0.383. The zero-order chi connectivity index (χ0) is 15.9. The van der Waals surface area contributed by atoms with Gasteiger partial charge in [-0.25, -0.2) is 4.99 Å². The molecule has 3 rings (SSSR count). The van der Waals surface area contributed by atoms with Crippen molar-refractivity contribution in [3.8, 4) is 0 Å². The second-order valence-electron chi connectivity index (χ2n) is 6.19. The van der Waals surface area contributed by atoms with Crippen LogP contribution in [-0.2, 0) is 0 Å². The first-order valence-electron chi connectivity index (χ1n) is 7.69. The van der Waals surface area contributed by atoms with Gasteiger partial charge in [0.15, 0.2) is 0 Å². The van der Waals surface area contributed by atoms with E-state index in [2.05, 4.69) is 51.8 Å². The number of guanidine groups is 2. The van der Waals surface area contributed by atoms with Crippen molar-refractivity contribution in [2.75, 3.05) is 4.90 Å². The Morgan fingerprint density at radius 3 is 2.50 bits per heavy atom. The Labute approximate surface area is 139 Å². The third-order valence-electron chi connectivity index (χ3n) is 4.70. The van der Waals surface area contributed by atoms with Crippen molar-refractivity contribution in [2.24, 2.45) is 21.5 Å². The molecule has 0 amide bonds. The van der Waals surface area contributed by atoms with E-state index in [1.54, 1.807) is 0 Å². The van der Waals surface area contributed by atoms with Crippen LogP contribution in [0.3, 0.4) is 0 Å². The van der Waals surface area contributed by atoms with Gasteiger partial charge in [-0.3, -0.25) is 4.90 Å². The van der Waals surface area contributed by atoms with Crippen molar-refractivity contribution in [1.82, 2.24) is 0 Å². The maximum atomic E-state index is 6.28. The molecule has 0 bridgehead atoms. The topological polar surface area (TPSA) is 80.0 Å². The first-order chi connectivity index (χ1) is 10.4. The van der Waals surface area contributed by atoms with Crippen LogP contribution in [0.4, 0.5) is 5.69 Å². The standard InChI is InChI=1S/C16H22BrN5/c1-10-8-12(17)9-13(11(10)2)22-15(19)20-14(18)21-16(22)6-4-3-5-7-16/h8-9H,3-7H2,1-2H3,(H4,18,19,20,21). The lowest BCUT2D eigenvalue weighted by Crippen LogP contribution is -2.58. The average molecular weight is 364 g/mol.